The molecular weight excluding hydrogens is 608 g/mol. The van der Waals surface area contributed by atoms with E-state index < -0.39 is 0 Å². The molecule has 0 N–H and O–H groups in total. The number of carbonyl (C=O) groups excluding carboxylic acids is 2. The summed E-state index contributed by atoms with van der Waals surface area (Å²) in [4.78, 5) is 38.8. The van der Waals surface area contributed by atoms with Gasteiger partial charge in [0.2, 0.25) is 0 Å². The summed E-state index contributed by atoms with van der Waals surface area (Å²) in [6.45, 7) is 4.40. The number of urea groups is 1. The van der Waals surface area contributed by atoms with Crippen LogP contribution in [0.1, 0.15) is 41.1 Å². The molecular formula is C29H35Cl4N5O3. The van der Waals surface area contributed by atoms with Crippen molar-refractivity contribution < 1.29 is 14.4 Å². The van der Waals surface area contributed by atoms with E-state index in [-0.39, 0.29) is 30.4 Å². The second-order valence-electron chi connectivity index (χ2n) is 10.6. The van der Waals surface area contributed by atoms with Crippen LogP contribution < -0.4 is 0 Å². The summed E-state index contributed by atoms with van der Waals surface area (Å²) in [6, 6.07) is 10.7. The van der Waals surface area contributed by atoms with Crippen molar-refractivity contribution in [3.8, 4) is 0 Å². The molecule has 0 radical (unpaired) electrons. The number of likely N-dealkylation sites (tertiary alicyclic amines) is 1. The highest BCUT2D eigenvalue weighted by Gasteiger charge is 2.34. The summed E-state index contributed by atoms with van der Waals surface area (Å²) in [7, 11) is 5.05. The largest absolute Gasteiger partial charge is 0.399 e. The number of carbonyl (C=O) groups is 2. The van der Waals surface area contributed by atoms with E-state index in [4.69, 9.17) is 51.2 Å². The topological polar surface area (TPSA) is 68.7 Å². The molecule has 2 heterocycles. The zero-order valence-corrected chi connectivity index (χ0v) is 26.5. The molecule has 2 saturated heterocycles. The van der Waals surface area contributed by atoms with Crippen LogP contribution >= 0.6 is 46.4 Å². The Morgan fingerprint density at radius 1 is 1.02 bits per heavy atom. The van der Waals surface area contributed by atoms with Crippen molar-refractivity contribution in [3.63, 3.8) is 0 Å². The molecule has 2 aliphatic rings. The Kier molecular flexibility index (Phi) is 11.1. The Morgan fingerprint density at radius 3 is 2.29 bits per heavy atom. The molecule has 0 aliphatic carbocycles. The van der Waals surface area contributed by atoms with Gasteiger partial charge in [0.25, 0.3) is 5.91 Å². The Labute approximate surface area is 261 Å². The van der Waals surface area contributed by atoms with Crippen LogP contribution in [0.4, 0.5) is 4.79 Å². The predicted molar refractivity (Wildman–Crippen MR) is 166 cm³/mol. The van der Waals surface area contributed by atoms with E-state index in [2.05, 4.69) is 10.1 Å². The summed E-state index contributed by atoms with van der Waals surface area (Å²) in [5.41, 5.74) is 2.00. The highest BCUT2D eigenvalue weighted by Crippen LogP contribution is 2.31. The van der Waals surface area contributed by atoms with Crippen LogP contribution in [0.25, 0.3) is 0 Å². The van der Waals surface area contributed by atoms with Gasteiger partial charge in [-0.15, -0.1) is 0 Å². The van der Waals surface area contributed by atoms with Crippen molar-refractivity contribution in [2.45, 2.75) is 31.2 Å². The third kappa shape index (κ3) is 7.99. The molecule has 41 heavy (non-hydrogen) atoms. The predicted octanol–water partition coefficient (Wildman–Crippen LogP) is 6.38. The van der Waals surface area contributed by atoms with Gasteiger partial charge in [-0.2, -0.15) is 0 Å². The fraction of sp³-hybridized carbons (Fsp3) is 0.483. The Bertz CT molecular complexity index is 1260. The molecule has 2 aliphatic heterocycles. The molecule has 2 fully saturated rings. The van der Waals surface area contributed by atoms with Gasteiger partial charge in [-0.1, -0.05) is 57.6 Å². The second kappa shape index (κ2) is 14.3. The monoisotopic (exact) mass is 641 g/mol. The number of piperidine rings is 1. The Morgan fingerprint density at radius 2 is 1.71 bits per heavy atom. The number of halogens is 4. The van der Waals surface area contributed by atoms with Crippen LogP contribution in [0.15, 0.2) is 41.6 Å². The quantitative estimate of drug-likeness (QED) is 0.223. The van der Waals surface area contributed by atoms with Crippen molar-refractivity contribution in [3.05, 3.63) is 67.6 Å². The molecule has 2 aromatic rings. The lowest BCUT2D eigenvalue weighted by Gasteiger charge is -2.37. The molecule has 1 unspecified atom stereocenters. The van der Waals surface area contributed by atoms with E-state index in [1.165, 1.54) is 7.11 Å². The lowest BCUT2D eigenvalue weighted by Crippen LogP contribution is -2.46. The number of likely N-dealkylation sites (N-methyl/N-ethyl adjacent to an activating group) is 1. The van der Waals surface area contributed by atoms with Crippen molar-refractivity contribution >= 4 is 64.1 Å². The first-order valence-electron chi connectivity index (χ1n) is 13.6. The van der Waals surface area contributed by atoms with Crippen molar-refractivity contribution in [2.24, 2.45) is 5.16 Å². The first-order valence-corrected chi connectivity index (χ1v) is 15.1. The molecule has 8 nitrogen and oxygen atoms in total. The van der Waals surface area contributed by atoms with Crippen molar-refractivity contribution in [1.29, 1.82) is 0 Å². The molecule has 2 aromatic carbocycles. The van der Waals surface area contributed by atoms with E-state index in [9.17, 15) is 9.59 Å². The van der Waals surface area contributed by atoms with Crippen LogP contribution in [0, 0.1) is 0 Å². The minimum atomic E-state index is -0.240. The molecule has 3 amide bonds. The fourth-order valence-corrected chi connectivity index (χ4v) is 6.39. The van der Waals surface area contributed by atoms with E-state index >= 15 is 0 Å². The molecule has 0 spiro atoms. The SMILES string of the molecule is CO/N=C(\CN(C)C(=O)c1cc(Cl)cc(Cl)c1)C(CCN1CCC(N2CCN(C)C2=O)CC1)c1ccc(Cl)c(Cl)c1. The maximum Gasteiger partial charge on any atom is 0.320 e. The molecule has 4 rings (SSSR count). The molecule has 1 atom stereocenters. The van der Waals surface area contributed by atoms with E-state index in [1.807, 2.05) is 24.1 Å². The third-order valence-electron chi connectivity index (χ3n) is 7.79. The summed E-state index contributed by atoms with van der Waals surface area (Å²) < 4.78 is 0. The molecule has 12 heteroatoms. The first kappa shape index (κ1) is 31.7. The number of amides is 3. The average molecular weight is 643 g/mol. The lowest BCUT2D eigenvalue weighted by atomic mass is 9.89. The van der Waals surface area contributed by atoms with Crippen LogP contribution in [-0.2, 0) is 4.84 Å². The van der Waals surface area contributed by atoms with Gasteiger partial charge >= 0.3 is 6.03 Å². The summed E-state index contributed by atoms with van der Waals surface area (Å²) in [5.74, 6) is -0.426. The first-order chi connectivity index (χ1) is 19.6. The minimum absolute atomic E-state index is 0.127. The van der Waals surface area contributed by atoms with Gasteiger partial charge in [0, 0.05) is 67.8 Å². The van der Waals surface area contributed by atoms with E-state index in [0.717, 1.165) is 57.5 Å². The van der Waals surface area contributed by atoms with Gasteiger partial charge in [0.1, 0.15) is 7.11 Å². The van der Waals surface area contributed by atoms with Gasteiger partial charge in [0.15, 0.2) is 0 Å². The third-order valence-corrected chi connectivity index (χ3v) is 8.97. The maximum absolute atomic E-state index is 13.3. The summed E-state index contributed by atoms with van der Waals surface area (Å²) in [6.07, 6.45) is 2.60. The van der Waals surface area contributed by atoms with Gasteiger partial charge in [-0.05, 0) is 61.7 Å². The Hall–Kier alpha value is -2.23. The van der Waals surface area contributed by atoms with Crippen LogP contribution in [0.5, 0.6) is 0 Å². The second-order valence-corrected chi connectivity index (χ2v) is 12.3. The highest BCUT2D eigenvalue weighted by molar-refractivity contribution is 6.42. The maximum atomic E-state index is 13.3. The zero-order chi connectivity index (χ0) is 29.7. The van der Waals surface area contributed by atoms with Crippen molar-refractivity contribution in [1.82, 2.24) is 19.6 Å². The molecule has 0 saturated carbocycles. The Balaban J connectivity index is 1.48. The summed E-state index contributed by atoms with van der Waals surface area (Å²) >= 11 is 24.9. The molecule has 0 aromatic heterocycles. The smallest absolute Gasteiger partial charge is 0.320 e. The van der Waals surface area contributed by atoms with Gasteiger partial charge < -0.3 is 24.4 Å². The zero-order valence-electron chi connectivity index (χ0n) is 23.5. The van der Waals surface area contributed by atoms with Crippen LogP contribution in [0.2, 0.25) is 20.1 Å². The minimum Gasteiger partial charge on any atom is -0.399 e. The molecule has 222 valence electrons. The highest BCUT2D eigenvalue weighted by atomic mass is 35.5. The number of hydrogen-bond donors (Lipinski definition) is 0. The average Bonchev–Trinajstić information content (AvgIpc) is 3.27. The standard InChI is InChI=1S/C29H35Cl4N5O3/c1-35-12-13-38(29(35)40)23-6-9-37(10-7-23)11-8-24(19-4-5-25(32)26(33)16-19)27(34-41-3)18-36(2)28(39)20-14-21(30)17-22(31)15-20/h4-5,14-17,23-24H,6-13,18H2,1-3H3/b34-27+. The van der Waals surface area contributed by atoms with Gasteiger partial charge in [-0.25, -0.2) is 4.79 Å². The normalized spacial score (nSPS) is 17.7. The fourth-order valence-electron chi connectivity index (χ4n) is 5.56. The van der Waals surface area contributed by atoms with E-state index in [1.54, 1.807) is 41.1 Å². The number of rotatable bonds is 10. The number of oxime groups is 1. The van der Waals surface area contributed by atoms with Gasteiger partial charge in [0.05, 0.1) is 22.3 Å². The number of nitrogens with zero attached hydrogens (tertiary/aromatic N) is 5. The summed E-state index contributed by atoms with van der Waals surface area (Å²) in [5, 5.41) is 6.07. The van der Waals surface area contributed by atoms with Crippen LogP contribution in [-0.4, -0.2) is 104 Å². The van der Waals surface area contributed by atoms with Crippen molar-refractivity contribution in [2.75, 3.05) is 60.5 Å². The van der Waals surface area contributed by atoms with Crippen LogP contribution in [0.3, 0.4) is 0 Å². The number of benzene rings is 2. The molecule has 0 bridgehead atoms. The van der Waals surface area contributed by atoms with Gasteiger partial charge in [-0.3, -0.25) is 4.79 Å². The lowest BCUT2D eigenvalue weighted by molar-refractivity contribution is 0.0812. The number of hydrogen-bond acceptors (Lipinski definition) is 5. The van der Waals surface area contributed by atoms with E-state index in [0.29, 0.717) is 31.4 Å².